The highest BCUT2D eigenvalue weighted by Gasteiger charge is 2.08. The van der Waals surface area contributed by atoms with Gasteiger partial charge in [0.15, 0.2) is 0 Å². The van der Waals surface area contributed by atoms with E-state index >= 15 is 0 Å². The highest BCUT2D eigenvalue weighted by atomic mass is 16.1. The van der Waals surface area contributed by atoms with Crippen LogP contribution in [-0.2, 0) is 17.6 Å². The topological polar surface area (TPSA) is 70.9 Å². The Labute approximate surface area is 113 Å². The van der Waals surface area contributed by atoms with Gasteiger partial charge in [-0.25, -0.2) is 0 Å². The lowest BCUT2D eigenvalue weighted by Gasteiger charge is -2.08. The van der Waals surface area contributed by atoms with E-state index in [4.69, 9.17) is 5.73 Å². The van der Waals surface area contributed by atoms with Crippen molar-refractivity contribution in [1.82, 2.24) is 10.3 Å². The lowest BCUT2D eigenvalue weighted by molar-refractivity contribution is -0.120. The standard InChI is InChI=1S/C15H21N3O/c1-10(2)18-15(19)8-11-3-4-14-13(7-11)12(5-6-16)9-17-14/h3-4,7,9-10,17H,5-6,8,16H2,1-2H3,(H,18,19). The van der Waals surface area contributed by atoms with Crippen molar-refractivity contribution in [2.75, 3.05) is 6.54 Å². The predicted octanol–water partition coefficient (Wildman–Crippen LogP) is 1.74. The van der Waals surface area contributed by atoms with Crippen LogP contribution in [-0.4, -0.2) is 23.5 Å². The number of fused-ring (bicyclic) bond motifs is 1. The van der Waals surface area contributed by atoms with Crippen LogP contribution in [0.1, 0.15) is 25.0 Å². The van der Waals surface area contributed by atoms with E-state index in [2.05, 4.69) is 16.4 Å². The van der Waals surface area contributed by atoms with Gasteiger partial charge in [0, 0.05) is 23.1 Å². The summed E-state index contributed by atoms with van der Waals surface area (Å²) in [6.07, 6.45) is 3.26. The molecule has 19 heavy (non-hydrogen) atoms. The summed E-state index contributed by atoms with van der Waals surface area (Å²) in [7, 11) is 0. The molecule has 0 saturated carbocycles. The highest BCUT2D eigenvalue weighted by Crippen LogP contribution is 2.20. The Kier molecular flexibility index (Phi) is 4.22. The van der Waals surface area contributed by atoms with Gasteiger partial charge in [0.1, 0.15) is 0 Å². The number of carbonyl (C=O) groups is 1. The Morgan fingerprint density at radius 1 is 1.42 bits per heavy atom. The van der Waals surface area contributed by atoms with Crippen molar-refractivity contribution in [3.8, 4) is 0 Å². The molecule has 2 rings (SSSR count). The number of carbonyl (C=O) groups excluding carboxylic acids is 1. The summed E-state index contributed by atoms with van der Waals surface area (Å²) < 4.78 is 0. The summed E-state index contributed by atoms with van der Waals surface area (Å²) in [6.45, 7) is 4.56. The van der Waals surface area contributed by atoms with Crippen LogP contribution >= 0.6 is 0 Å². The number of rotatable bonds is 5. The molecule has 4 heteroatoms. The first-order valence-corrected chi connectivity index (χ1v) is 6.68. The van der Waals surface area contributed by atoms with Crippen LogP contribution in [0.5, 0.6) is 0 Å². The minimum Gasteiger partial charge on any atom is -0.361 e. The average Bonchev–Trinajstić information content (AvgIpc) is 2.71. The number of nitrogens with one attached hydrogen (secondary N) is 2. The third-order valence-electron chi connectivity index (χ3n) is 3.06. The number of hydrogen-bond donors (Lipinski definition) is 3. The van der Waals surface area contributed by atoms with Gasteiger partial charge < -0.3 is 16.0 Å². The SMILES string of the molecule is CC(C)NC(=O)Cc1ccc2[nH]cc(CCN)c2c1. The second-order valence-electron chi connectivity index (χ2n) is 5.13. The lowest BCUT2D eigenvalue weighted by atomic mass is 10.1. The Morgan fingerprint density at radius 3 is 2.89 bits per heavy atom. The minimum atomic E-state index is 0.0604. The molecule has 0 aliphatic heterocycles. The van der Waals surface area contributed by atoms with E-state index in [0.29, 0.717) is 13.0 Å². The fourth-order valence-electron chi connectivity index (χ4n) is 2.26. The van der Waals surface area contributed by atoms with E-state index in [-0.39, 0.29) is 11.9 Å². The molecule has 0 aliphatic rings. The zero-order valence-electron chi connectivity index (χ0n) is 11.5. The van der Waals surface area contributed by atoms with Gasteiger partial charge in [-0.3, -0.25) is 4.79 Å². The van der Waals surface area contributed by atoms with Crippen molar-refractivity contribution in [3.05, 3.63) is 35.5 Å². The summed E-state index contributed by atoms with van der Waals surface area (Å²) >= 11 is 0. The molecule has 1 amide bonds. The molecule has 0 bridgehead atoms. The molecule has 0 spiro atoms. The van der Waals surface area contributed by atoms with Crippen LogP contribution < -0.4 is 11.1 Å². The molecule has 1 heterocycles. The van der Waals surface area contributed by atoms with Gasteiger partial charge in [0.05, 0.1) is 6.42 Å². The van der Waals surface area contributed by atoms with E-state index in [1.54, 1.807) is 0 Å². The maximum absolute atomic E-state index is 11.8. The molecule has 0 atom stereocenters. The number of aromatic nitrogens is 1. The number of amides is 1. The average molecular weight is 259 g/mol. The van der Waals surface area contributed by atoms with Crippen molar-refractivity contribution >= 4 is 16.8 Å². The number of H-pyrrole nitrogens is 1. The zero-order valence-corrected chi connectivity index (χ0v) is 11.5. The normalized spacial score (nSPS) is 11.2. The number of nitrogens with two attached hydrogens (primary N) is 1. The van der Waals surface area contributed by atoms with E-state index in [9.17, 15) is 4.79 Å². The molecule has 2 aromatic rings. The van der Waals surface area contributed by atoms with Crippen LogP contribution in [0.2, 0.25) is 0 Å². The quantitative estimate of drug-likeness (QED) is 0.765. The van der Waals surface area contributed by atoms with Crippen LogP contribution in [0.25, 0.3) is 10.9 Å². The Bertz CT molecular complexity index is 572. The lowest BCUT2D eigenvalue weighted by Crippen LogP contribution is -2.31. The summed E-state index contributed by atoms with van der Waals surface area (Å²) in [5.74, 6) is 0.0604. The second-order valence-corrected chi connectivity index (χ2v) is 5.13. The van der Waals surface area contributed by atoms with Gasteiger partial charge in [0.25, 0.3) is 0 Å². The largest absolute Gasteiger partial charge is 0.361 e. The molecular formula is C15H21N3O. The molecule has 0 aliphatic carbocycles. The van der Waals surface area contributed by atoms with Crippen molar-refractivity contribution < 1.29 is 4.79 Å². The Hall–Kier alpha value is -1.81. The molecule has 0 fully saturated rings. The van der Waals surface area contributed by atoms with Crippen LogP contribution in [0.15, 0.2) is 24.4 Å². The molecule has 0 unspecified atom stereocenters. The molecule has 4 N–H and O–H groups in total. The van der Waals surface area contributed by atoms with E-state index < -0.39 is 0 Å². The number of hydrogen-bond acceptors (Lipinski definition) is 2. The molecule has 0 saturated heterocycles. The molecular weight excluding hydrogens is 238 g/mol. The second kappa shape index (κ2) is 5.89. The number of aromatic amines is 1. The molecule has 0 radical (unpaired) electrons. The van der Waals surface area contributed by atoms with Gasteiger partial charge in [-0.2, -0.15) is 0 Å². The highest BCUT2D eigenvalue weighted by molar-refractivity contribution is 5.86. The van der Waals surface area contributed by atoms with Gasteiger partial charge in [0.2, 0.25) is 5.91 Å². The smallest absolute Gasteiger partial charge is 0.224 e. The third kappa shape index (κ3) is 3.35. The third-order valence-corrected chi connectivity index (χ3v) is 3.06. The van der Waals surface area contributed by atoms with Crippen molar-refractivity contribution in [3.63, 3.8) is 0 Å². The van der Waals surface area contributed by atoms with Gasteiger partial charge >= 0.3 is 0 Å². The molecule has 1 aromatic carbocycles. The maximum atomic E-state index is 11.8. The molecule has 4 nitrogen and oxygen atoms in total. The van der Waals surface area contributed by atoms with Gasteiger partial charge in [-0.05, 0) is 50.1 Å². The molecule has 102 valence electrons. The van der Waals surface area contributed by atoms with E-state index in [1.807, 2.05) is 32.2 Å². The zero-order chi connectivity index (χ0) is 13.8. The summed E-state index contributed by atoms with van der Waals surface area (Å²) in [5.41, 5.74) is 8.94. The summed E-state index contributed by atoms with van der Waals surface area (Å²) in [4.78, 5) is 15.0. The van der Waals surface area contributed by atoms with E-state index in [0.717, 1.165) is 17.5 Å². The Balaban J connectivity index is 2.20. The molecule has 1 aromatic heterocycles. The first-order valence-electron chi connectivity index (χ1n) is 6.68. The monoisotopic (exact) mass is 259 g/mol. The summed E-state index contributed by atoms with van der Waals surface area (Å²) in [5, 5.41) is 4.07. The van der Waals surface area contributed by atoms with Crippen LogP contribution in [0.3, 0.4) is 0 Å². The number of benzene rings is 1. The predicted molar refractivity (Wildman–Crippen MR) is 78.0 cm³/mol. The van der Waals surface area contributed by atoms with Gasteiger partial charge in [-0.1, -0.05) is 6.07 Å². The fraction of sp³-hybridized carbons (Fsp3) is 0.400. The Morgan fingerprint density at radius 2 is 2.21 bits per heavy atom. The van der Waals surface area contributed by atoms with Crippen molar-refractivity contribution in [2.45, 2.75) is 32.7 Å². The van der Waals surface area contributed by atoms with Crippen molar-refractivity contribution in [2.24, 2.45) is 5.73 Å². The van der Waals surface area contributed by atoms with Gasteiger partial charge in [-0.15, -0.1) is 0 Å². The maximum Gasteiger partial charge on any atom is 0.224 e. The first-order chi connectivity index (χ1) is 9.10. The summed E-state index contributed by atoms with van der Waals surface area (Å²) in [6, 6.07) is 6.27. The fourth-order valence-corrected chi connectivity index (χ4v) is 2.26. The van der Waals surface area contributed by atoms with Crippen LogP contribution in [0.4, 0.5) is 0 Å². The van der Waals surface area contributed by atoms with Crippen LogP contribution in [0, 0.1) is 0 Å². The first kappa shape index (κ1) is 13.6. The van der Waals surface area contributed by atoms with E-state index in [1.165, 1.54) is 10.9 Å². The minimum absolute atomic E-state index is 0.0604. The van der Waals surface area contributed by atoms with Crippen molar-refractivity contribution in [1.29, 1.82) is 0 Å².